The van der Waals surface area contributed by atoms with E-state index in [1.807, 2.05) is 4.72 Å². The Kier molecular flexibility index (Phi) is 3.97. The van der Waals surface area contributed by atoms with Crippen molar-refractivity contribution in [1.82, 2.24) is 4.72 Å². The van der Waals surface area contributed by atoms with Crippen LogP contribution in [0, 0.1) is 0 Å². The molecule has 0 aliphatic rings. The second-order valence-electron chi connectivity index (χ2n) is 3.37. The summed E-state index contributed by atoms with van der Waals surface area (Å²) < 4.78 is 25.4. The van der Waals surface area contributed by atoms with Gasteiger partial charge < -0.3 is 5.11 Å². The largest absolute Gasteiger partial charge is 0.480 e. The quantitative estimate of drug-likeness (QED) is 0.736. The smallest absolute Gasteiger partial charge is 0.321 e. The number of hydrogen-bond acceptors (Lipinski definition) is 4. The SMILES string of the molecule is CC(NS(=O)(=O)c1ccc(C=O)cc1)C(=O)O. The van der Waals surface area contributed by atoms with Crippen molar-refractivity contribution in [1.29, 1.82) is 0 Å². The van der Waals surface area contributed by atoms with E-state index < -0.39 is 22.0 Å². The molecule has 0 fully saturated rings. The Morgan fingerprint density at radius 3 is 2.29 bits per heavy atom. The van der Waals surface area contributed by atoms with Gasteiger partial charge in [0.25, 0.3) is 0 Å². The van der Waals surface area contributed by atoms with Gasteiger partial charge in [0.2, 0.25) is 10.0 Å². The van der Waals surface area contributed by atoms with Crippen LogP contribution in [0.25, 0.3) is 0 Å². The first kappa shape index (κ1) is 13.3. The third-order valence-electron chi connectivity index (χ3n) is 2.03. The molecule has 1 atom stereocenters. The van der Waals surface area contributed by atoms with Crippen LogP contribution in [0.2, 0.25) is 0 Å². The highest BCUT2D eigenvalue weighted by Gasteiger charge is 2.21. The van der Waals surface area contributed by atoms with E-state index in [4.69, 9.17) is 5.11 Å². The molecule has 0 spiro atoms. The Hall–Kier alpha value is -1.73. The van der Waals surface area contributed by atoms with Crippen LogP contribution < -0.4 is 4.72 Å². The first-order chi connectivity index (χ1) is 7.86. The fourth-order valence-electron chi connectivity index (χ4n) is 1.08. The van der Waals surface area contributed by atoms with Gasteiger partial charge in [0.05, 0.1) is 4.90 Å². The highest BCUT2D eigenvalue weighted by molar-refractivity contribution is 7.89. The topological polar surface area (TPSA) is 101 Å². The van der Waals surface area contributed by atoms with Gasteiger partial charge in [-0.2, -0.15) is 4.72 Å². The van der Waals surface area contributed by atoms with Gasteiger partial charge in [-0.25, -0.2) is 8.42 Å². The van der Waals surface area contributed by atoms with Crippen molar-refractivity contribution < 1.29 is 23.1 Å². The zero-order valence-corrected chi connectivity index (χ0v) is 9.77. The van der Waals surface area contributed by atoms with Crippen LogP contribution in [0.3, 0.4) is 0 Å². The Labute approximate surface area is 98.3 Å². The molecule has 1 rings (SSSR count). The van der Waals surface area contributed by atoms with Gasteiger partial charge in [0.1, 0.15) is 12.3 Å². The van der Waals surface area contributed by atoms with Crippen LogP contribution in [0.15, 0.2) is 29.2 Å². The number of rotatable bonds is 5. The molecule has 1 unspecified atom stereocenters. The summed E-state index contributed by atoms with van der Waals surface area (Å²) in [4.78, 5) is 20.8. The first-order valence-corrected chi connectivity index (χ1v) is 6.15. The van der Waals surface area contributed by atoms with E-state index in [-0.39, 0.29) is 4.90 Å². The average molecular weight is 257 g/mol. The van der Waals surface area contributed by atoms with E-state index in [1.54, 1.807) is 0 Å². The summed E-state index contributed by atoms with van der Waals surface area (Å²) in [5.74, 6) is -1.27. The number of carboxylic acids is 1. The zero-order valence-electron chi connectivity index (χ0n) is 8.95. The molecule has 7 heteroatoms. The van der Waals surface area contributed by atoms with Gasteiger partial charge in [-0.05, 0) is 19.1 Å². The maximum atomic E-state index is 11.7. The second-order valence-corrected chi connectivity index (χ2v) is 5.08. The highest BCUT2D eigenvalue weighted by Crippen LogP contribution is 2.10. The summed E-state index contributed by atoms with van der Waals surface area (Å²) in [6.45, 7) is 1.22. The predicted molar refractivity (Wildman–Crippen MR) is 59.2 cm³/mol. The molecule has 1 aromatic carbocycles. The van der Waals surface area contributed by atoms with Crippen molar-refractivity contribution in [2.75, 3.05) is 0 Å². The molecule has 0 amide bonds. The monoisotopic (exact) mass is 257 g/mol. The number of hydrogen-bond donors (Lipinski definition) is 2. The number of nitrogens with one attached hydrogen (secondary N) is 1. The molecule has 0 saturated carbocycles. The standard InChI is InChI=1S/C10H11NO5S/c1-7(10(13)14)11-17(15,16)9-4-2-8(6-12)3-5-9/h2-7,11H,1H3,(H,13,14). The molecule has 92 valence electrons. The van der Waals surface area contributed by atoms with Crippen LogP contribution in [-0.4, -0.2) is 31.8 Å². The summed E-state index contributed by atoms with van der Waals surface area (Å²) >= 11 is 0. The van der Waals surface area contributed by atoms with E-state index in [2.05, 4.69) is 0 Å². The van der Waals surface area contributed by atoms with E-state index in [1.165, 1.54) is 31.2 Å². The van der Waals surface area contributed by atoms with E-state index in [0.717, 1.165) is 0 Å². The lowest BCUT2D eigenvalue weighted by molar-refractivity contribution is -0.138. The van der Waals surface area contributed by atoms with E-state index in [9.17, 15) is 18.0 Å². The minimum Gasteiger partial charge on any atom is -0.480 e. The van der Waals surface area contributed by atoms with Crippen LogP contribution in [-0.2, 0) is 14.8 Å². The van der Waals surface area contributed by atoms with Crippen molar-refractivity contribution in [2.24, 2.45) is 0 Å². The van der Waals surface area contributed by atoms with E-state index >= 15 is 0 Å². The molecule has 2 N–H and O–H groups in total. The van der Waals surface area contributed by atoms with Crippen LogP contribution in [0.4, 0.5) is 0 Å². The summed E-state index contributed by atoms with van der Waals surface area (Å²) in [6.07, 6.45) is 0.587. The average Bonchev–Trinajstić information content (AvgIpc) is 2.28. The van der Waals surface area contributed by atoms with Gasteiger partial charge in [0.15, 0.2) is 0 Å². The highest BCUT2D eigenvalue weighted by atomic mass is 32.2. The van der Waals surface area contributed by atoms with Gasteiger partial charge >= 0.3 is 5.97 Å². The minimum atomic E-state index is -3.88. The fourth-order valence-corrected chi connectivity index (χ4v) is 2.27. The number of sulfonamides is 1. The summed E-state index contributed by atoms with van der Waals surface area (Å²) in [6, 6.07) is 3.94. The van der Waals surface area contributed by atoms with Crippen LogP contribution in [0.5, 0.6) is 0 Å². The van der Waals surface area contributed by atoms with Crippen molar-refractivity contribution in [3.63, 3.8) is 0 Å². The van der Waals surface area contributed by atoms with Crippen molar-refractivity contribution in [3.8, 4) is 0 Å². The lowest BCUT2D eigenvalue weighted by Gasteiger charge is -2.09. The van der Waals surface area contributed by atoms with Gasteiger partial charge in [0, 0.05) is 5.56 Å². The third-order valence-corrected chi connectivity index (χ3v) is 3.59. The first-order valence-electron chi connectivity index (χ1n) is 4.67. The summed E-state index contributed by atoms with van der Waals surface area (Å²) in [5, 5.41) is 8.60. The minimum absolute atomic E-state index is 0.0869. The van der Waals surface area contributed by atoms with E-state index in [0.29, 0.717) is 11.8 Å². The second kappa shape index (κ2) is 5.07. The number of benzene rings is 1. The van der Waals surface area contributed by atoms with Gasteiger partial charge in [-0.1, -0.05) is 12.1 Å². The van der Waals surface area contributed by atoms with Crippen molar-refractivity contribution in [3.05, 3.63) is 29.8 Å². The Balaban J connectivity index is 2.97. The molecule has 0 aromatic heterocycles. The molecule has 0 aliphatic heterocycles. The van der Waals surface area contributed by atoms with Crippen molar-refractivity contribution >= 4 is 22.3 Å². The Morgan fingerprint density at radius 1 is 1.35 bits per heavy atom. The van der Waals surface area contributed by atoms with Crippen LogP contribution >= 0.6 is 0 Å². The fraction of sp³-hybridized carbons (Fsp3) is 0.200. The molecule has 0 saturated heterocycles. The zero-order chi connectivity index (χ0) is 13.1. The maximum absolute atomic E-state index is 11.7. The molecule has 6 nitrogen and oxygen atoms in total. The molecule has 0 heterocycles. The lowest BCUT2D eigenvalue weighted by Crippen LogP contribution is -2.38. The number of carbonyl (C=O) groups is 2. The van der Waals surface area contributed by atoms with Gasteiger partial charge in [-0.15, -0.1) is 0 Å². The molecular formula is C10H11NO5S. The number of carbonyl (C=O) groups excluding carboxylic acids is 1. The van der Waals surface area contributed by atoms with Gasteiger partial charge in [-0.3, -0.25) is 9.59 Å². The molecule has 1 aromatic rings. The number of aldehydes is 1. The number of aliphatic carboxylic acids is 1. The summed E-state index contributed by atoms with van der Waals surface area (Å²) in [5.41, 5.74) is 0.343. The number of carboxylic acid groups (broad SMARTS) is 1. The lowest BCUT2D eigenvalue weighted by atomic mass is 10.2. The molecule has 0 radical (unpaired) electrons. The molecule has 0 bridgehead atoms. The molecule has 17 heavy (non-hydrogen) atoms. The normalized spacial score (nSPS) is 13.0. The van der Waals surface area contributed by atoms with Crippen molar-refractivity contribution in [2.45, 2.75) is 17.9 Å². The predicted octanol–water partition coefficient (Wildman–Crippen LogP) is 0.250. The third kappa shape index (κ3) is 3.36. The molecule has 0 aliphatic carbocycles. The Bertz CT molecular complexity index is 520. The van der Waals surface area contributed by atoms with Crippen LogP contribution in [0.1, 0.15) is 17.3 Å². The Morgan fingerprint density at radius 2 is 1.88 bits per heavy atom. The molecular weight excluding hydrogens is 246 g/mol. The summed E-state index contributed by atoms with van der Waals surface area (Å²) in [7, 11) is -3.88. The maximum Gasteiger partial charge on any atom is 0.321 e.